The molecule has 7 nitrogen and oxygen atoms in total. The van der Waals surface area contributed by atoms with Crippen LogP contribution >= 0.6 is 11.3 Å². The van der Waals surface area contributed by atoms with Crippen molar-refractivity contribution >= 4 is 28.2 Å². The zero-order valence-electron chi connectivity index (χ0n) is 16.0. The van der Waals surface area contributed by atoms with Gasteiger partial charge in [0, 0.05) is 44.3 Å². The molecule has 0 bridgehead atoms. The lowest BCUT2D eigenvalue weighted by molar-refractivity contribution is 0.0950. The molecule has 0 radical (unpaired) electrons. The number of aromatic nitrogens is 2. The van der Waals surface area contributed by atoms with Crippen molar-refractivity contribution in [2.75, 3.05) is 42.5 Å². The van der Waals surface area contributed by atoms with Crippen LogP contribution in [0.1, 0.15) is 16.1 Å². The van der Waals surface area contributed by atoms with Crippen LogP contribution in [0.15, 0.2) is 54.0 Å². The van der Waals surface area contributed by atoms with Crippen LogP contribution in [0, 0.1) is 0 Å². The number of hydrogen-bond acceptors (Lipinski definition) is 7. The van der Waals surface area contributed by atoms with E-state index in [2.05, 4.69) is 25.1 Å². The Morgan fingerprint density at radius 3 is 2.55 bits per heavy atom. The molecule has 0 spiro atoms. The molecule has 3 aromatic rings. The molecule has 2 N–H and O–H groups in total. The van der Waals surface area contributed by atoms with Gasteiger partial charge in [-0.3, -0.25) is 4.79 Å². The van der Waals surface area contributed by atoms with E-state index in [1.807, 2.05) is 41.9 Å². The Morgan fingerprint density at radius 1 is 1.07 bits per heavy atom. The van der Waals surface area contributed by atoms with Gasteiger partial charge >= 0.3 is 0 Å². The first-order valence-electron chi connectivity index (χ1n) is 9.61. The third-order valence-electron chi connectivity index (χ3n) is 4.88. The number of amides is 1. The minimum absolute atomic E-state index is 0.154. The van der Waals surface area contributed by atoms with Crippen LogP contribution in [0.3, 0.4) is 0 Å². The Labute approximate surface area is 173 Å². The van der Waals surface area contributed by atoms with Gasteiger partial charge in [-0.25, -0.2) is 9.97 Å². The number of aromatic hydroxyl groups is 1. The molecule has 0 saturated carbocycles. The first kappa shape index (κ1) is 19.2. The molecule has 29 heavy (non-hydrogen) atoms. The van der Waals surface area contributed by atoms with E-state index < -0.39 is 0 Å². The molecule has 1 fully saturated rings. The Kier molecular flexibility index (Phi) is 5.90. The molecule has 0 atom stereocenters. The summed E-state index contributed by atoms with van der Waals surface area (Å²) in [6.07, 6.45) is 2.52. The van der Waals surface area contributed by atoms with Crippen molar-refractivity contribution < 1.29 is 9.90 Å². The summed E-state index contributed by atoms with van der Waals surface area (Å²) in [5.74, 6) is 1.09. The van der Waals surface area contributed by atoms with Crippen LogP contribution in [-0.2, 0) is 6.42 Å². The molecule has 4 rings (SSSR count). The van der Waals surface area contributed by atoms with Gasteiger partial charge in [-0.15, -0.1) is 11.3 Å². The van der Waals surface area contributed by atoms with Gasteiger partial charge in [-0.1, -0.05) is 18.2 Å². The highest BCUT2D eigenvalue weighted by molar-refractivity contribution is 7.13. The second-order valence-electron chi connectivity index (χ2n) is 6.85. The van der Waals surface area contributed by atoms with Crippen LogP contribution in [0.25, 0.3) is 0 Å². The molecule has 2 aromatic heterocycles. The number of rotatable bonds is 6. The number of anilines is 2. The van der Waals surface area contributed by atoms with E-state index in [1.165, 1.54) is 11.3 Å². The average molecular weight is 410 g/mol. The standard InChI is InChI=1S/C21H23N5O2S/c27-17-6-4-16(5-7-17)8-10-23-20(28)18-15-29-21(24-18)26-13-11-25(12-14-26)19-3-1-2-9-22-19/h1-7,9,15,27H,8,10-14H2,(H,23,28). The first-order chi connectivity index (χ1) is 14.2. The van der Waals surface area contributed by atoms with Gasteiger partial charge in [-0.05, 0) is 36.2 Å². The predicted octanol–water partition coefficient (Wildman–Crippen LogP) is 2.54. The van der Waals surface area contributed by atoms with Crippen LogP contribution in [-0.4, -0.2) is 53.7 Å². The van der Waals surface area contributed by atoms with Crippen LogP contribution in [0.2, 0.25) is 0 Å². The molecule has 1 aromatic carbocycles. The largest absolute Gasteiger partial charge is 0.508 e. The number of pyridine rings is 1. The van der Waals surface area contributed by atoms with Crippen molar-refractivity contribution in [3.05, 3.63) is 65.3 Å². The fourth-order valence-electron chi connectivity index (χ4n) is 3.25. The van der Waals surface area contributed by atoms with E-state index in [9.17, 15) is 9.90 Å². The highest BCUT2D eigenvalue weighted by Gasteiger charge is 2.21. The quantitative estimate of drug-likeness (QED) is 0.651. The molecule has 0 unspecified atom stereocenters. The maximum absolute atomic E-state index is 12.4. The fraction of sp³-hybridized carbons (Fsp3) is 0.286. The third kappa shape index (κ3) is 4.83. The highest BCUT2D eigenvalue weighted by atomic mass is 32.1. The van der Waals surface area contributed by atoms with E-state index in [-0.39, 0.29) is 11.7 Å². The van der Waals surface area contributed by atoms with Gasteiger partial charge in [0.25, 0.3) is 5.91 Å². The zero-order valence-corrected chi connectivity index (χ0v) is 16.8. The third-order valence-corrected chi connectivity index (χ3v) is 5.79. The Balaban J connectivity index is 1.27. The molecule has 8 heteroatoms. The van der Waals surface area contributed by atoms with Crippen molar-refractivity contribution in [2.24, 2.45) is 0 Å². The van der Waals surface area contributed by atoms with Crippen LogP contribution in [0.5, 0.6) is 5.75 Å². The molecular formula is C21H23N5O2S. The lowest BCUT2D eigenvalue weighted by Crippen LogP contribution is -2.46. The zero-order chi connectivity index (χ0) is 20.1. The number of phenols is 1. The van der Waals surface area contributed by atoms with Crippen molar-refractivity contribution in [3.8, 4) is 5.75 Å². The summed E-state index contributed by atoms with van der Waals surface area (Å²) >= 11 is 1.50. The van der Waals surface area contributed by atoms with E-state index in [0.29, 0.717) is 18.7 Å². The molecule has 0 aliphatic carbocycles. The van der Waals surface area contributed by atoms with Crippen molar-refractivity contribution in [2.45, 2.75) is 6.42 Å². The molecule has 1 aliphatic rings. The molecule has 1 aliphatic heterocycles. The number of carbonyl (C=O) groups is 1. The van der Waals surface area contributed by atoms with Gasteiger partial charge in [-0.2, -0.15) is 0 Å². The Hall–Kier alpha value is -3.13. The summed E-state index contributed by atoms with van der Waals surface area (Å²) in [5.41, 5.74) is 1.52. The second-order valence-corrected chi connectivity index (χ2v) is 7.69. The van der Waals surface area contributed by atoms with Gasteiger partial charge in [0.15, 0.2) is 5.13 Å². The van der Waals surface area contributed by atoms with Crippen LogP contribution < -0.4 is 15.1 Å². The maximum atomic E-state index is 12.4. The SMILES string of the molecule is O=C(NCCc1ccc(O)cc1)c1csc(N2CCN(c3ccccn3)CC2)n1. The molecule has 150 valence electrons. The molecule has 1 saturated heterocycles. The highest BCUT2D eigenvalue weighted by Crippen LogP contribution is 2.23. The summed E-state index contributed by atoms with van der Waals surface area (Å²) in [6, 6.07) is 13.0. The van der Waals surface area contributed by atoms with Crippen LogP contribution in [0.4, 0.5) is 10.9 Å². The summed E-state index contributed by atoms with van der Waals surface area (Å²) in [4.78, 5) is 25.8. The Bertz CT molecular complexity index is 937. The van der Waals surface area contributed by atoms with E-state index in [4.69, 9.17) is 0 Å². The van der Waals surface area contributed by atoms with Gasteiger partial charge < -0.3 is 20.2 Å². The number of nitrogens with one attached hydrogen (secondary N) is 1. The molecular weight excluding hydrogens is 386 g/mol. The minimum Gasteiger partial charge on any atom is -0.508 e. The lowest BCUT2D eigenvalue weighted by Gasteiger charge is -2.35. The molecule has 3 heterocycles. The smallest absolute Gasteiger partial charge is 0.270 e. The number of phenolic OH excluding ortho intramolecular Hbond substituents is 1. The number of benzene rings is 1. The van der Waals surface area contributed by atoms with Crippen molar-refractivity contribution in [3.63, 3.8) is 0 Å². The Morgan fingerprint density at radius 2 is 1.83 bits per heavy atom. The summed E-state index contributed by atoms with van der Waals surface area (Å²) < 4.78 is 0. The summed E-state index contributed by atoms with van der Waals surface area (Å²) in [7, 11) is 0. The average Bonchev–Trinajstić information content (AvgIpc) is 3.26. The first-order valence-corrected chi connectivity index (χ1v) is 10.5. The lowest BCUT2D eigenvalue weighted by atomic mass is 10.1. The summed E-state index contributed by atoms with van der Waals surface area (Å²) in [6.45, 7) is 3.99. The van der Waals surface area contributed by atoms with E-state index >= 15 is 0 Å². The van der Waals surface area contributed by atoms with Gasteiger partial charge in [0.2, 0.25) is 0 Å². The predicted molar refractivity (Wildman–Crippen MR) is 115 cm³/mol. The fourth-order valence-corrected chi connectivity index (χ4v) is 4.11. The van der Waals surface area contributed by atoms with E-state index in [1.54, 1.807) is 12.1 Å². The number of piperazine rings is 1. The molecule has 1 amide bonds. The number of hydrogen-bond donors (Lipinski definition) is 2. The number of carbonyl (C=O) groups excluding carboxylic acids is 1. The van der Waals surface area contributed by atoms with Crippen molar-refractivity contribution in [1.82, 2.24) is 15.3 Å². The second kappa shape index (κ2) is 8.91. The topological polar surface area (TPSA) is 81.6 Å². The summed E-state index contributed by atoms with van der Waals surface area (Å²) in [5, 5.41) is 14.9. The maximum Gasteiger partial charge on any atom is 0.270 e. The monoisotopic (exact) mass is 409 g/mol. The van der Waals surface area contributed by atoms with Gasteiger partial charge in [0.1, 0.15) is 17.3 Å². The normalized spacial score (nSPS) is 14.1. The minimum atomic E-state index is -0.154. The van der Waals surface area contributed by atoms with E-state index in [0.717, 1.165) is 42.7 Å². The number of thiazole rings is 1. The van der Waals surface area contributed by atoms with Gasteiger partial charge in [0.05, 0.1) is 0 Å². The number of nitrogens with zero attached hydrogens (tertiary/aromatic N) is 4. The van der Waals surface area contributed by atoms with Crippen molar-refractivity contribution in [1.29, 1.82) is 0 Å².